The molecule has 1 N–H and O–H groups in total. The van der Waals surface area contributed by atoms with Gasteiger partial charge in [-0.2, -0.15) is 0 Å². The van der Waals surface area contributed by atoms with Gasteiger partial charge in [0.1, 0.15) is 5.76 Å². The summed E-state index contributed by atoms with van der Waals surface area (Å²) < 4.78 is 31.7. The lowest BCUT2D eigenvalue weighted by Gasteiger charge is -2.19. The van der Waals surface area contributed by atoms with Crippen LogP contribution in [0.25, 0.3) is 11.0 Å². The molecule has 4 rings (SSSR count). The zero-order chi connectivity index (χ0) is 16.9. The highest BCUT2D eigenvalue weighted by molar-refractivity contribution is 7.91. The van der Waals surface area contributed by atoms with Crippen molar-refractivity contribution in [2.24, 2.45) is 0 Å². The summed E-state index contributed by atoms with van der Waals surface area (Å²) in [5, 5.41) is 4.47. The highest BCUT2D eigenvalue weighted by Gasteiger charge is 2.27. The SMILES string of the molecule is CC1NCCc2oc3c(Cl)cc(S(=O)(=O)c4ccccc4)cc3c21.Cl. The molecule has 3 aromatic rings. The Kier molecular flexibility index (Phi) is 4.86. The molecule has 0 amide bonds. The third-order valence-electron chi connectivity index (χ3n) is 4.43. The molecule has 7 heteroatoms. The predicted octanol–water partition coefficient (Wildman–Crippen LogP) is 4.55. The van der Waals surface area contributed by atoms with Gasteiger partial charge in [-0.05, 0) is 31.2 Å². The molecule has 0 spiro atoms. The number of hydrogen-bond acceptors (Lipinski definition) is 4. The molecule has 1 aliphatic rings. The van der Waals surface area contributed by atoms with E-state index in [1.54, 1.807) is 36.4 Å². The number of furan rings is 1. The summed E-state index contributed by atoms with van der Waals surface area (Å²) in [7, 11) is -3.62. The van der Waals surface area contributed by atoms with Gasteiger partial charge in [-0.1, -0.05) is 29.8 Å². The normalized spacial score (nSPS) is 17.1. The molecular weight excluding hydrogens is 381 g/mol. The first-order valence-electron chi connectivity index (χ1n) is 7.77. The molecule has 25 heavy (non-hydrogen) atoms. The first kappa shape index (κ1) is 18.3. The molecule has 132 valence electrons. The van der Waals surface area contributed by atoms with E-state index in [9.17, 15) is 8.42 Å². The van der Waals surface area contributed by atoms with Crippen molar-refractivity contribution in [3.05, 3.63) is 58.8 Å². The first-order chi connectivity index (χ1) is 11.5. The highest BCUT2D eigenvalue weighted by Crippen LogP contribution is 2.39. The maximum Gasteiger partial charge on any atom is 0.206 e. The second-order valence-electron chi connectivity index (χ2n) is 5.96. The molecule has 1 aliphatic heterocycles. The molecule has 0 bridgehead atoms. The number of hydrogen-bond donors (Lipinski definition) is 1. The van der Waals surface area contributed by atoms with Crippen LogP contribution < -0.4 is 5.32 Å². The van der Waals surface area contributed by atoms with Crippen molar-refractivity contribution >= 4 is 44.8 Å². The smallest absolute Gasteiger partial charge is 0.206 e. The van der Waals surface area contributed by atoms with E-state index in [1.807, 2.05) is 6.92 Å². The summed E-state index contributed by atoms with van der Waals surface area (Å²) >= 11 is 6.34. The summed E-state index contributed by atoms with van der Waals surface area (Å²) in [5.74, 6) is 0.882. The average Bonchev–Trinajstić information content (AvgIpc) is 2.96. The topological polar surface area (TPSA) is 59.3 Å². The summed E-state index contributed by atoms with van der Waals surface area (Å²) in [6.45, 7) is 2.88. The average molecular weight is 398 g/mol. The fourth-order valence-electron chi connectivity index (χ4n) is 3.26. The third kappa shape index (κ3) is 2.95. The fourth-order valence-corrected chi connectivity index (χ4v) is 4.91. The Morgan fingerprint density at radius 2 is 1.88 bits per heavy atom. The highest BCUT2D eigenvalue weighted by atomic mass is 35.5. The van der Waals surface area contributed by atoms with E-state index in [0.717, 1.165) is 29.7 Å². The molecule has 2 aromatic carbocycles. The molecule has 1 unspecified atom stereocenters. The monoisotopic (exact) mass is 397 g/mol. The van der Waals surface area contributed by atoms with Gasteiger partial charge in [-0.25, -0.2) is 8.42 Å². The summed E-state index contributed by atoms with van der Waals surface area (Å²) in [4.78, 5) is 0.441. The van der Waals surface area contributed by atoms with Gasteiger partial charge in [0, 0.05) is 30.0 Å². The molecule has 1 aromatic heterocycles. The van der Waals surface area contributed by atoms with Crippen molar-refractivity contribution in [1.29, 1.82) is 0 Å². The van der Waals surface area contributed by atoms with E-state index in [0.29, 0.717) is 10.6 Å². The maximum atomic E-state index is 12.9. The van der Waals surface area contributed by atoms with Gasteiger partial charge < -0.3 is 9.73 Å². The van der Waals surface area contributed by atoms with Gasteiger partial charge in [-0.3, -0.25) is 0 Å². The molecule has 1 atom stereocenters. The Morgan fingerprint density at radius 3 is 2.60 bits per heavy atom. The standard InChI is InChI=1S/C18H16ClNO3S.ClH/c1-11-17-14-9-13(24(21,22)12-5-3-2-4-6-12)10-15(19)18(14)23-16(17)7-8-20-11;/h2-6,9-11,20H,7-8H2,1H3;1H. The molecule has 0 radical (unpaired) electrons. The Bertz CT molecular complexity index is 1030. The second-order valence-corrected chi connectivity index (χ2v) is 8.32. The van der Waals surface area contributed by atoms with Crippen LogP contribution in [0.15, 0.2) is 56.7 Å². The number of fused-ring (bicyclic) bond motifs is 3. The number of rotatable bonds is 2. The van der Waals surface area contributed by atoms with Gasteiger partial charge >= 0.3 is 0 Å². The predicted molar refractivity (Wildman–Crippen MR) is 100 cm³/mol. The molecule has 0 saturated heterocycles. The Morgan fingerprint density at radius 1 is 1.16 bits per heavy atom. The van der Waals surface area contributed by atoms with Crippen LogP contribution in [0.1, 0.15) is 24.3 Å². The van der Waals surface area contributed by atoms with Gasteiger partial charge in [0.2, 0.25) is 9.84 Å². The maximum absolute atomic E-state index is 12.9. The minimum Gasteiger partial charge on any atom is -0.459 e. The molecule has 4 nitrogen and oxygen atoms in total. The van der Waals surface area contributed by atoms with E-state index in [1.165, 1.54) is 6.07 Å². The van der Waals surface area contributed by atoms with Crippen molar-refractivity contribution in [2.45, 2.75) is 29.2 Å². The number of sulfone groups is 1. The van der Waals surface area contributed by atoms with E-state index in [2.05, 4.69) is 5.32 Å². The van der Waals surface area contributed by atoms with Crippen LogP contribution in [0.5, 0.6) is 0 Å². The quantitative estimate of drug-likeness (QED) is 0.688. The van der Waals surface area contributed by atoms with Gasteiger partial charge in [0.05, 0.1) is 14.8 Å². The lowest BCUT2D eigenvalue weighted by Crippen LogP contribution is -2.26. The van der Waals surface area contributed by atoms with Crippen molar-refractivity contribution in [3.63, 3.8) is 0 Å². The van der Waals surface area contributed by atoms with E-state index >= 15 is 0 Å². The van der Waals surface area contributed by atoms with Crippen molar-refractivity contribution in [2.75, 3.05) is 6.54 Å². The second kappa shape index (κ2) is 6.65. The van der Waals surface area contributed by atoms with Crippen LogP contribution in [0.3, 0.4) is 0 Å². The van der Waals surface area contributed by atoms with Gasteiger partial charge in [0.25, 0.3) is 0 Å². The van der Waals surface area contributed by atoms with Crippen LogP contribution in [0.4, 0.5) is 0 Å². The fraction of sp³-hybridized carbons (Fsp3) is 0.222. The summed E-state index contributed by atoms with van der Waals surface area (Å²) in [5.41, 5.74) is 1.56. The summed E-state index contributed by atoms with van der Waals surface area (Å²) in [6.07, 6.45) is 0.769. The third-order valence-corrected chi connectivity index (χ3v) is 6.46. The first-order valence-corrected chi connectivity index (χ1v) is 9.63. The Labute approximate surface area is 157 Å². The lowest BCUT2D eigenvalue weighted by atomic mass is 9.99. The van der Waals surface area contributed by atoms with Crippen molar-refractivity contribution in [3.8, 4) is 0 Å². The minimum absolute atomic E-state index is 0. The Balaban J connectivity index is 0.00000182. The zero-order valence-corrected chi connectivity index (χ0v) is 15.8. The zero-order valence-electron chi connectivity index (χ0n) is 13.5. The molecule has 2 heterocycles. The minimum atomic E-state index is -3.62. The largest absolute Gasteiger partial charge is 0.459 e. The molecular formula is C18H17Cl2NO3S. The number of nitrogens with one attached hydrogen (secondary N) is 1. The lowest BCUT2D eigenvalue weighted by molar-refractivity contribution is 0.463. The van der Waals surface area contributed by atoms with Crippen LogP contribution in [-0.4, -0.2) is 15.0 Å². The van der Waals surface area contributed by atoms with Crippen LogP contribution in [0.2, 0.25) is 5.02 Å². The molecule has 0 aliphatic carbocycles. The summed E-state index contributed by atoms with van der Waals surface area (Å²) in [6, 6.07) is 11.6. The Hall–Kier alpha value is -1.53. The van der Waals surface area contributed by atoms with Crippen LogP contribution >= 0.6 is 24.0 Å². The van der Waals surface area contributed by atoms with Gasteiger partial charge in [0.15, 0.2) is 5.58 Å². The van der Waals surface area contributed by atoms with Crippen LogP contribution in [0, 0.1) is 0 Å². The van der Waals surface area contributed by atoms with Crippen molar-refractivity contribution < 1.29 is 12.8 Å². The van der Waals surface area contributed by atoms with E-state index < -0.39 is 9.84 Å². The van der Waals surface area contributed by atoms with Crippen molar-refractivity contribution in [1.82, 2.24) is 5.32 Å². The van der Waals surface area contributed by atoms with E-state index in [-0.39, 0.29) is 28.2 Å². The molecule has 0 fully saturated rings. The molecule has 0 saturated carbocycles. The van der Waals surface area contributed by atoms with Gasteiger partial charge in [-0.15, -0.1) is 12.4 Å². The number of halogens is 2. The van der Waals surface area contributed by atoms with E-state index in [4.69, 9.17) is 16.0 Å². The van der Waals surface area contributed by atoms with Crippen LogP contribution in [-0.2, 0) is 16.3 Å². The number of benzene rings is 2.